The second-order valence-corrected chi connectivity index (χ2v) is 7.89. The third-order valence-electron chi connectivity index (χ3n) is 4.02. The van der Waals surface area contributed by atoms with Gasteiger partial charge in [-0.3, -0.25) is 10.0 Å². The maximum absolute atomic E-state index is 12.6. The van der Waals surface area contributed by atoms with Crippen molar-refractivity contribution >= 4 is 21.5 Å². The van der Waals surface area contributed by atoms with Gasteiger partial charge in [-0.05, 0) is 43.7 Å². The molecule has 3 aromatic rings. The fourth-order valence-electron chi connectivity index (χ4n) is 2.57. The second kappa shape index (κ2) is 7.58. The molecule has 0 aliphatic rings. The zero-order valence-electron chi connectivity index (χ0n) is 14.8. The zero-order valence-corrected chi connectivity index (χ0v) is 15.6. The average molecular weight is 368 g/mol. The van der Waals surface area contributed by atoms with Gasteiger partial charge in [-0.2, -0.15) is 0 Å². The number of aryl methyl sites for hydroxylation is 2. The van der Waals surface area contributed by atoms with Crippen LogP contribution in [0.25, 0.3) is 0 Å². The van der Waals surface area contributed by atoms with Gasteiger partial charge in [0.15, 0.2) is 0 Å². The van der Waals surface area contributed by atoms with Crippen LogP contribution in [0.5, 0.6) is 0 Å². The second-order valence-electron chi connectivity index (χ2n) is 6.21. The third-order valence-corrected chi connectivity index (χ3v) is 5.40. The molecule has 5 nitrogen and oxygen atoms in total. The molecule has 0 fully saturated rings. The van der Waals surface area contributed by atoms with E-state index in [1.165, 1.54) is 0 Å². The number of hydrogen-bond donors (Lipinski definition) is 2. The van der Waals surface area contributed by atoms with Gasteiger partial charge >= 0.3 is 0 Å². The summed E-state index contributed by atoms with van der Waals surface area (Å²) in [7, 11) is -3.63. The Bertz CT molecular complexity index is 1000. The summed E-state index contributed by atoms with van der Waals surface area (Å²) >= 11 is 0. The van der Waals surface area contributed by atoms with Gasteiger partial charge in [-0.15, -0.1) is 0 Å². The Morgan fingerprint density at radius 3 is 2.38 bits per heavy atom. The number of aromatic nitrogens is 1. The minimum absolute atomic E-state index is 0.248. The van der Waals surface area contributed by atoms with Crippen LogP contribution in [0.2, 0.25) is 0 Å². The molecule has 0 bridgehead atoms. The molecule has 3 N–H and O–H groups in total. The molecule has 1 heterocycles. The minimum atomic E-state index is -3.63. The smallest absolute Gasteiger partial charge is 0.272 e. The number of anilines is 2. The van der Waals surface area contributed by atoms with Crippen LogP contribution in [0.4, 0.5) is 11.5 Å². The van der Waals surface area contributed by atoms with Gasteiger partial charge in [-0.1, -0.05) is 35.9 Å². The summed E-state index contributed by atoms with van der Waals surface area (Å²) in [5.74, 6) is 0.876. The van der Waals surface area contributed by atoms with E-state index >= 15 is 0 Å². The van der Waals surface area contributed by atoms with Crippen molar-refractivity contribution in [2.75, 3.05) is 10.0 Å². The van der Waals surface area contributed by atoms with Crippen molar-refractivity contribution in [3.63, 3.8) is 0 Å². The molecule has 6 heteroatoms. The first-order chi connectivity index (χ1) is 12.4. The van der Waals surface area contributed by atoms with Crippen molar-refractivity contribution in [3.8, 4) is 0 Å². The van der Waals surface area contributed by atoms with E-state index in [0.29, 0.717) is 12.2 Å². The van der Waals surface area contributed by atoms with Crippen LogP contribution in [0.1, 0.15) is 16.7 Å². The molecule has 2 aromatic carbocycles. The van der Waals surface area contributed by atoms with Gasteiger partial charge < -0.3 is 0 Å². The van der Waals surface area contributed by atoms with E-state index in [0.717, 1.165) is 22.5 Å². The molecule has 0 saturated carbocycles. The molecule has 0 aliphatic carbocycles. The normalized spacial score (nSPS) is 11.2. The van der Waals surface area contributed by atoms with E-state index < -0.39 is 10.0 Å². The lowest BCUT2D eigenvalue weighted by Crippen LogP contribution is -2.16. The number of para-hydroxylation sites is 1. The van der Waals surface area contributed by atoms with Gasteiger partial charge in [0.05, 0.1) is 16.8 Å². The maximum atomic E-state index is 12.6. The van der Waals surface area contributed by atoms with Crippen LogP contribution in [-0.2, 0) is 16.6 Å². The topological polar surface area (TPSA) is 72.3 Å². The van der Waals surface area contributed by atoms with Crippen LogP contribution in [0, 0.1) is 13.8 Å². The number of pyridine rings is 1. The van der Waals surface area contributed by atoms with Crippen molar-refractivity contribution in [1.29, 1.82) is 0 Å². The molecule has 0 saturated heterocycles. The summed E-state index contributed by atoms with van der Waals surface area (Å²) in [5.41, 5.74) is 3.58. The summed E-state index contributed by atoms with van der Waals surface area (Å²) in [4.78, 5) is 3.38. The molecule has 134 valence electrons. The van der Waals surface area contributed by atoms with E-state index in [1.807, 2.05) is 50.4 Å². The summed E-state index contributed by atoms with van der Waals surface area (Å²) in [6.07, 6.45) is 1.86. The number of rotatable bonds is 6. The molecule has 0 atom stereocenters. The quantitative estimate of drug-likeness (QED) is 0.699. The fourth-order valence-corrected chi connectivity index (χ4v) is 3.67. The number of benzene rings is 2. The predicted molar refractivity (Wildman–Crippen MR) is 103 cm³/mol. The molecule has 1 aromatic heterocycles. The van der Waals surface area contributed by atoms with E-state index in [2.05, 4.69) is 15.0 Å². The fraction of sp³-hybridized carbons (Fsp3) is 0.150. The lowest BCUT2D eigenvalue weighted by atomic mass is 10.2. The SMILES string of the molecule is Cc1ccc(S(=O)(=O)Nc2ccccc2CNc2cc(C)cc[nH+]2)cc1. The molecule has 0 amide bonds. The van der Waals surface area contributed by atoms with Gasteiger partial charge in [0, 0.05) is 11.6 Å². The lowest BCUT2D eigenvalue weighted by Gasteiger charge is -2.12. The van der Waals surface area contributed by atoms with Gasteiger partial charge in [0.1, 0.15) is 6.54 Å². The summed E-state index contributed by atoms with van der Waals surface area (Å²) < 4.78 is 28.0. The third kappa shape index (κ3) is 4.40. The van der Waals surface area contributed by atoms with E-state index in [1.54, 1.807) is 30.3 Å². The van der Waals surface area contributed by atoms with Gasteiger partial charge in [0.2, 0.25) is 0 Å². The Labute approximate surface area is 154 Å². The highest BCUT2D eigenvalue weighted by atomic mass is 32.2. The van der Waals surface area contributed by atoms with Crippen molar-refractivity contribution in [2.24, 2.45) is 0 Å². The predicted octanol–water partition coefficient (Wildman–Crippen LogP) is 3.53. The average Bonchev–Trinajstić information content (AvgIpc) is 2.61. The van der Waals surface area contributed by atoms with Gasteiger partial charge in [-0.25, -0.2) is 13.4 Å². The first-order valence-corrected chi connectivity index (χ1v) is 9.82. The van der Waals surface area contributed by atoms with Crippen molar-refractivity contribution in [1.82, 2.24) is 0 Å². The lowest BCUT2D eigenvalue weighted by molar-refractivity contribution is -0.361. The Morgan fingerprint density at radius 2 is 1.65 bits per heavy atom. The van der Waals surface area contributed by atoms with E-state index in [9.17, 15) is 8.42 Å². The standard InChI is InChI=1S/C20H21N3O2S/c1-15-7-9-18(10-8-15)26(24,25)23-19-6-4-3-5-17(19)14-22-20-13-16(2)11-12-21-20/h3-13,23H,14H2,1-2H3,(H,21,22)/p+1. The van der Waals surface area contributed by atoms with Crippen LogP contribution in [0.15, 0.2) is 71.8 Å². The number of aromatic amines is 1. The zero-order chi connectivity index (χ0) is 18.6. The summed E-state index contributed by atoms with van der Waals surface area (Å²) in [6, 6.07) is 18.1. The molecule has 0 unspecified atom stereocenters. The first-order valence-electron chi connectivity index (χ1n) is 8.34. The highest BCUT2D eigenvalue weighted by Gasteiger charge is 2.16. The molecular formula is C20H22N3O2S+. The Kier molecular flexibility index (Phi) is 5.23. The molecule has 3 rings (SSSR count). The summed E-state index contributed by atoms with van der Waals surface area (Å²) in [5, 5.41) is 3.28. The van der Waals surface area contributed by atoms with Crippen molar-refractivity contribution in [3.05, 3.63) is 83.6 Å². The minimum Gasteiger partial charge on any atom is -0.279 e. The van der Waals surface area contributed by atoms with Crippen LogP contribution in [-0.4, -0.2) is 8.42 Å². The van der Waals surface area contributed by atoms with Crippen molar-refractivity contribution < 1.29 is 13.4 Å². The Hall–Kier alpha value is -2.86. The summed E-state index contributed by atoms with van der Waals surface area (Å²) in [6.45, 7) is 4.43. The number of nitrogens with one attached hydrogen (secondary N) is 3. The first kappa shape index (κ1) is 17.9. The Balaban J connectivity index is 1.79. The number of H-pyrrole nitrogens is 1. The number of sulfonamides is 1. The molecule has 26 heavy (non-hydrogen) atoms. The molecule has 0 aliphatic heterocycles. The van der Waals surface area contributed by atoms with Gasteiger partial charge in [0.25, 0.3) is 15.8 Å². The highest BCUT2D eigenvalue weighted by Crippen LogP contribution is 2.21. The largest absolute Gasteiger partial charge is 0.279 e. The van der Waals surface area contributed by atoms with Crippen LogP contribution < -0.4 is 15.0 Å². The monoisotopic (exact) mass is 368 g/mol. The maximum Gasteiger partial charge on any atom is 0.272 e. The van der Waals surface area contributed by atoms with E-state index in [4.69, 9.17) is 0 Å². The molecule has 0 spiro atoms. The van der Waals surface area contributed by atoms with Crippen molar-refractivity contribution in [2.45, 2.75) is 25.3 Å². The molecule has 0 radical (unpaired) electrons. The number of hydrogen-bond acceptors (Lipinski definition) is 3. The highest BCUT2D eigenvalue weighted by molar-refractivity contribution is 7.92. The molecular weight excluding hydrogens is 346 g/mol. The van der Waals surface area contributed by atoms with Crippen LogP contribution >= 0.6 is 0 Å². The van der Waals surface area contributed by atoms with E-state index in [-0.39, 0.29) is 4.90 Å². The van der Waals surface area contributed by atoms with Crippen LogP contribution in [0.3, 0.4) is 0 Å². The Morgan fingerprint density at radius 1 is 0.923 bits per heavy atom.